The number of likely N-dealkylation sites (tertiary alicyclic amines) is 1. The number of carbonyl (C=O) groups is 2. The van der Waals surface area contributed by atoms with E-state index in [0.717, 1.165) is 29.5 Å². The number of rotatable bonds is 7. The number of halogens is 1. The third-order valence-electron chi connectivity index (χ3n) is 6.89. The molecule has 3 amide bonds. The van der Waals surface area contributed by atoms with Gasteiger partial charge in [-0.2, -0.15) is 0 Å². The topological polar surface area (TPSA) is 89.9 Å². The number of likely N-dealkylation sites (N-methyl/N-ethyl adjacent to an activating group) is 1. The molecule has 8 nitrogen and oxygen atoms in total. The van der Waals surface area contributed by atoms with Crippen LogP contribution in [0.3, 0.4) is 0 Å². The number of pyridine rings is 1. The van der Waals surface area contributed by atoms with E-state index in [9.17, 15) is 9.59 Å². The summed E-state index contributed by atoms with van der Waals surface area (Å²) in [5, 5.41) is 6.72. The maximum atomic E-state index is 13.6. The van der Waals surface area contributed by atoms with E-state index >= 15 is 0 Å². The average Bonchev–Trinajstić information content (AvgIpc) is 2.99. The van der Waals surface area contributed by atoms with E-state index < -0.39 is 0 Å². The van der Waals surface area contributed by atoms with Crippen LogP contribution in [0.25, 0.3) is 16.7 Å². The first-order chi connectivity index (χ1) is 19.9. The molecule has 0 unspecified atom stereocenters. The minimum Gasteiger partial charge on any atom is -0.368 e. The zero-order valence-corrected chi connectivity index (χ0v) is 25.5. The highest BCUT2D eigenvalue weighted by atomic mass is 35.5. The largest absolute Gasteiger partial charge is 0.368 e. The van der Waals surface area contributed by atoms with E-state index in [-0.39, 0.29) is 18.0 Å². The van der Waals surface area contributed by atoms with Gasteiger partial charge in [0.05, 0.1) is 0 Å². The van der Waals surface area contributed by atoms with E-state index in [1.165, 1.54) is 0 Å². The van der Waals surface area contributed by atoms with Gasteiger partial charge in [0.1, 0.15) is 11.7 Å². The van der Waals surface area contributed by atoms with Gasteiger partial charge in [0.25, 0.3) is 5.91 Å². The number of aromatic nitrogens is 1. The SMILES string of the molecule is C=C(/N=C1\C(=C/C)C=C(c2ccc(-c3cccnc3)cc2Cl)C(=O)N1CC)NC1CCN(C(=O)NCC)CC1.CC. The van der Waals surface area contributed by atoms with Crippen LogP contribution in [0.1, 0.15) is 53.0 Å². The third-order valence-corrected chi connectivity index (χ3v) is 7.21. The number of nitrogens with one attached hydrogen (secondary N) is 2. The number of piperidine rings is 1. The molecule has 1 fully saturated rings. The monoisotopic (exact) mass is 576 g/mol. The van der Waals surface area contributed by atoms with Gasteiger partial charge in [-0.3, -0.25) is 14.7 Å². The van der Waals surface area contributed by atoms with Crippen molar-refractivity contribution in [3.63, 3.8) is 0 Å². The number of carbonyl (C=O) groups excluding carboxylic acids is 2. The number of aliphatic imine (C=N–C) groups is 1. The maximum Gasteiger partial charge on any atom is 0.317 e. The zero-order valence-electron chi connectivity index (χ0n) is 24.7. The van der Waals surface area contributed by atoms with Crippen molar-refractivity contribution in [3.8, 4) is 11.1 Å². The van der Waals surface area contributed by atoms with Gasteiger partial charge in [0.2, 0.25) is 0 Å². The normalized spacial score (nSPS) is 17.6. The third kappa shape index (κ3) is 7.64. The molecule has 0 atom stereocenters. The first-order valence-corrected chi connectivity index (χ1v) is 14.7. The molecule has 0 bridgehead atoms. The number of amidine groups is 1. The lowest BCUT2D eigenvalue weighted by Gasteiger charge is -2.33. The molecule has 0 spiro atoms. The van der Waals surface area contributed by atoms with Crippen LogP contribution in [0.15, 0.2) is 77.8 Å². The highest BCUT2D eigenvalue weighted by Crippen LogP contribution is 2.34. The molecular weight excluding hydrogens is 536 g/mol. The van der Waals surface area contributed by atoms with E-state index in [1.54, 1.807) is 17.3 Å². The van der Waals surface area contributed by atoms with Crippen LogP contribution >= 0.6 is 11.6 Å². The number of allylic oxidation sites excluding steroid dienone is 1. The summed E-state index contributed by atoms with van der Waals surface area (Å²) < 4.78 is 0. The average molecular weight is 577 g/mol. The number of hydrogen-bond acceptors (Lipinski definition) is 5. The Morgan fingerprint density at radius 3 is 2.51 bits per heavy atom. The molecule has 1 aromatic carbocycles. The molecule has 9 heteroatoms. The summed E-state index contributed by atoms with van der Waals surface area (Å²) in [6.45, 7) is 16.3. The number of urea groups is 1. The van der Waals surface area contributed by atoms with Crippen molar-refractivity contribution in [3.05, 3.63) is 83.4 Å². The van der Waals surface area contributed by atoms with Crippen LogP contribution in [-0.2, 0) is 4.79 Å². The Morgan fingerprint density at radius 1 is 1.20 bits per heavy atom. The molecule has 1 saturated heterocycles. The predicted molar refractivity (Wildman–Crippen MR) is 169 cm³/mol. The predicted octanol–water partition coefficient (Wildman–Crippen LogP) is 6.27. The number of nitrogens with zero attached hydrogens (tertiary/aromatic N) is 4. The quantitative estimate of drug-likeness (QED) is 0.406. The summed E-state index contributed by atoms with van der Waals surface area (Å²) in [6.07, 6.45) is 8.88. The van der Waals surface area contributed by atoms with Crippen molar-refractivity contribution < 1.29 is 9.59 Å². The molecule has 2 aromatic rings. The second kappa shape index (κ2) is 15.2. The van der Waals surface area contributed by atoms with Gasteiger partial charge in [-0.25, -0.2) is 9.79 Å². The van der Waals surface area contributed by atoms with Gasteiger partial charge >= 0.3 is 6.03 Å². The van der Waals surface area contributed by atoms with Crippen molar-refractivity contribution in [2.75, 3.05) is 26.2 Å². The zero-order chi connectivity index (χ0) is 29.9. The molecule has 0 saturated carbocycles. The summed E-state index contributed by atoms with van der Waals surface area (Å²) in [5.41, 5.74) is 3.88. The fraction of sp³-hybridized carbons (Fsp3) is 0.375. The van der Waals surface area contributed by atoms with E-state index in [2.05, 4.69) is 22.2 Å². The van der Waals surface area contributed by atoms with Gasteiger partial charge < -0.3 is 15.5 Å². The summed E-state index contributed by atoms with van der Waals surface area (Å²) in [7, 11) is 0. The van der Waals surface area contributed by atoms with Crippen molar-refractivity contribution in [2.45, 2.75) is 53.5 Å². The summed E-state index contributed by atoms with van der Waals surface area (Å²) >= 11 is 6.70. The second-order valence-corrected chi connectivity index (χ2v) is 9.82. The van der Waals surface area contributed by atoms with Gasteiger partial charge in [-0.15, -0.1) is 0 Å². The van der Waals surface area contributed by atoms with Gasteiger partial charge in [0, 0.05) is 71.9 Å². The highest BCUT2D eigenvalue weighted by molar-refractivity contribution is 6.37. The summed E-state index contributed by atoms with van der Waals surface area (Å²) in [6, 6.07) is 9.66. The Hall–Kier alpha value is -3.91. The van der Waals surface area contributed by atoms with Crippen LogP contribution in [-0.4, -0.2) is 64.8 Å². The molecule has 1 aromatic heterocycles. The van der Waals surface area contributed by atoms with Crippen LogP contribution in [0, 0.1) is 0 Å². The smallest absolute Gasteiger partial charge is 0.317 e. The van der Waals surface area contributed by atoms with Gasteiger partial charge in [-0.05, 0) is 57.4 Å². The van der Waals surface area contributed by atoms with Crippen molar-refractivity contribution >= 4 is 34.9 Å². The minimum atomic E-state index is -0.166. The lowest BCUT2D eigenvalue weighted by atomic mass is 9.95. The fourth-order valence-electron chi connectivity index (χ4n) is 4.84. The Balaban J connectivity index is 0.00000226. The Bertz CT molecular complexity index is 1330. The molecular formula is C32H41ClN6O2. The van der Waals surface area contributed by atoms with Crippen LogP contribution < -0.4 is 10.6 Å². The second-order valence-electron chi connectivity index (χ2n) is 9.41. The molecule has 218 valence electrons. The summed E-state index contributed by atoms with van der Waals surface area (Å²) in [4.78, 5) is 38.1. The standard InChI is InChI=1S/C30H35ClN6O2.C2H6/c1-5-21-17-26(25-11-10-22(18-27(25)31)23-9-8-14-32-19-23)29(38)37(7-3)28(21)35-20(4)34-24-12-15-36(16-13-24)30(39)33-6-2;1-2/h5,8-11,14,17-19,24,34H,4,6-7,12-13,15-16H2,1-3H3,(H,33,39);1-2H3/b21-5-,35-28+;. The maximum absolute atomic E-state index is 13.6. The van der Waals surface area contributed by atoms with Gasteiger partial charge in [0.15, 0.2) is 0 Å². The molecule has 41 heavy (non-hydrogen) atoms. The molecule has 0 radical (unpaired) electrons. The minimum absolute atomic E-state index is 0.0264. The molecule has 2 N–H and O–H groups in total. The van der Waals surface area contributed by atoms with Crippen molar-refractivity contribution in [1.82, 2.24) is 25.4 Å². The Morgan fingerprint density at radius 2 is 1.93 bits per heavy atom. The van der Waals surface area contributed by atoms with Gasteiger partial charge in [-0.1, -0.05) is 56.3 Å². The van der Waals surface area contributed by atoms with Crippen LogP contribution in [0.4, 0.5) is 4.79 Å². The lowest BCUT2D eigenvalue weighted by Crippen LogP contribution is -2.48. The van der Waals surface area contributed by atoms with E-state index in [4.69, 9.17) is 16.6 Å². The first kappa shape index (κ1) is 31.6. The van der Waals surface area contributed by atoms with E-state index in [0.29, 0.717) is 54.0 Å². The van der Waals surface area contributed by atoms with Crippen LogP contribution in [0.2, 0.25) is 5.02 Å². The van der Waals surface area contributed by atoms with E-state index in [1.807, 2.05) is 82.0 Å². The first-order valence-electron chi connectivity index (χ1n) is 14.3. The number of hydrogen-bond donors (Lipinski definition) is 2. The van der Waals surface area contributed by atoms with Crippen molar-refractivity contribution in [2.24, 2.45) is 4.99 Å². The van der Waals surface area contributed by atoms with Crippen LogP contribution in [0.5, 0.6) is 0 Å². The number of amides is 3. The molecule has 2 aliphatic rings. The molecule has 0 aliphatic carbocycles. The fourth-order valence-corrected chi connectivity index (χ4v) is 5.12. The highest BCUT2D eigenvalue weighted by Gasteiger charge is 2.31. The molecule has 2 aliphatic heterocycles. The summed E-state index contributed by atoms with van der Waals surface area (Å²) in [5.74, 6) is 0.873. The Labute approximate surface area is 248 Å². The lowest BCUT2D eigenvalue weighted by molar-refractivity contribution is -0.121. The Kier molecular flexibility index (Phi) is 11.7. The van der Waals surface area contributed by atoms with Crippen molar-refractivity contribution in [1.29, 1.82) is 0 Å². The molecule has 4 rings (SSSR count). The molecule has 3 heterocycles. The number of benzene rings is 1.